The van der Waals surface area contributed by atoms with Crippen LogP contribution in [0.15, 0.2) is 53.7 Å². The minimum atomic E-state index is -0.104. The molecule has 0 bridgehead atoms. The molecule has 0 atom stereocenters. The predicted octanol–water partition coefficient (Wildman–Crippen LogP) is 3.75. The Morgan fingerprint density at radius 1 is 1.03 bits per heavy atom. The third-order valence-corrected chi connectivity index (χ3v) is 5.99. The van der Waals surface area contributed by atoms with E-state index in [2.05, 4.69) is 15.1 Å². The molecule has 1 aromatic carbocycles. The Morgan fingerprint density at radius 3 is 2.52 bits per heavy atom. The van der Waals surface area contributed by atoms with Crippen LogP contribution in [0.5, 0.6) is 0 Å². The lowest BCUT2D eigenvalue weighted by molar-refractivity contribution is -0.117. The number of aromatic amines is 1. The van der Waals surface area contributed by atoms with Crippen LogP contribution in [0.25, 0.3) is 27.9 Å². The first kappa shape index (κ1) is 19.2. The number of nitrogens with zero attached hydrogens (tertiary/aromatic N) is 4. The van der Waals surface area contributed by atoms with Crippen molar-refractivity contribution in [2.75, 3.05) is 11.4 Å². The van der Waals surface area contributed by atoms with Crippen LogP contribution in [0.1, 0.15) is 31.0 Å². The smallest absolute Gasteiger partial charge is 0.277 e. The summed E-state index contributed by atoms with van der Waals surface area (Å²) in [7, 11) is 0. The average Bonchev–Trinajstić information content (AvgIpc) is 3.42. The molecule has 1 N–H and O–H groups in total. The molecule has 156 valence electrons. The Morgan fingerprint density at radius 2 is 1.81 bits per heavy atom. The number of rotatable bonds is 4. The summed E-state index contributed by atoms with van der Waals surface area (Å²) in [5.74, 6) is 0.181. The van der Waals surface area contributed by atoms with Gasteiger partial charge in [0, 0.05) is 59.0 Å². The zero-order valence-corrected chi connectivity index (χ0v) is 17.6. The SMILES string of the molecule is CCc1[nH]c2c(-c3cncc(-c4ccc(N5CCCC5=O)cc4)c3)cnn2c(=O)c1C. The number of benzene rings is 1. The van der Waals surface area contributed by atoms with Gasteiger partial charge in [-0.2, -0.15) is 9.61 Å². The van der Waals surface area contributed by atoms with Crippen LogP contribution >= 0.6 is 0 Å². The summed E-state index contributed by atoms with van der Waals surface area (Å²) in [5, 5.41) is 4.30. The number of amides is 1. The molecule has 7 heteroatoms. The largest absolute Gasteiger partial charge is 0.343 e. The van der Waals surface area contributed by atoms with Crippen molar-refractivity contribution in [1.29, 1.82) is 0 Å². The minimum absolute atomic E-state index is 0.104. The third kappa shape index (κ3) is 3.22. The lowest BCUT2D eigenvalue weighted by Crippen LogP contribution is -2.23. The second-order valence-corrected chi connectivity index (χ2v) is 7.86. The number of hydrogen-bond donors (Lipinski definition) is 1. The van der Waals surface area contributed by atoms with Crippen LogP contribution in [0.3, 0.4) is 0 Å². The number of carbonyl (C=O) groups excluding carboxylic acids is 1. The van der Waals surface area contributed by atoms with Gasteiger partial charge in [0.1, 0.15) is 5.65 Å². The second kappa shape index (κ2) is 7.50. The van der Waals surface area contributed by atoms with Gasteiger partial charge in [0.2, 0.25) is 5.91 Å². The maximum atomic E-state index is 12.6. The standard InChI is InChI=1S/C24H23N5O2/c1-3-21-15(2)24(31)29-23(27-21)20(14-26-29)18-11-17(12-25-13-18)16-6-8-19(9-7-16)28-10-4-5-22(28)30/h6-9,11-14,27H,3-5,10H2,1-2H3. The van der Waals surface area contributed by atoms with E-state index in [1.54, 1.807) is 12.4 Å². The number of fused-ring (bicyclic) bond motifs is 1. The molecule has 1 aliphatic heterocycles. The Balaban J connectivity index is 1.53. The fraction of sp³-hybridized carbons (Fsp3) is 0.250. The fourth-order valence-corrected chi connectivity index (χ4v) is 4.21. The maximum Gasteiger partial charge on any atom is 0.277 e. The van der Waals surface area contributed by atoms with Gasteiger partial charge in [0.15, 0.2) is 0 Å². The summed E-state index contributed by atoms with van der Waals surface area (Å²) in [5.41, 5.74) is 6.79. The molecule has 4 heterocycles. The molecule has 0 aliphatic carbocycles. The minimum Gasteiger partial charge on any atom is -0.343 e. The number of pyridine rings is 1. The highest BCUT2D eigenvalue weighted by atomic mass is 16.2. The molecule has 0 radical (unpaired) electrons. The summed E-state index contributed by atoms with van der Waals surface area (Å²) in [4.78, 5) is 34.3. The van der Waals surface area contributed by atoms with Crippen LogP contribution in [0.2, 0.25) is 0 Å². The topological polar surface area (TPSA) is 83.4 Å². The van der Waals surface area contributed by atoms with Crippen molar-refractivity contribution in [3.8, 4) is 22.3 Å². The van der Waals surface area contributed by atoms with E-state index < -0.39 is 0 Å². The van der Waals surface area contributed by atoms with Gasteiger partial charge in [-0.05, 0) is 43.5 Å². The predicted molar refractivity (Wildman–Crippen MR) is 120 cm³/mol. The number of nitrogens with one attached hydrogen (secondary N) is 1. The molecule has 0 saturated carbocycles. The van der Waals surface area contributed by atoms with Crippen molar-refractivity contribution in [3.05, 3.63) is 70.5 Å². The van der Waals surface area contributed by atoms with Crippen molar-refractivity contribution in [2.45, 2.75) is 33.1 Å². The normalized spacial score (nSPS) is 14.0. The Hall–Kier alpha value is -3.74. The van der Waals surface area contributed by atoms with Crippen LogP contribution in [-0.2, 0) is 11.2 Å². The lowest BCUT2D eigenvalue weighted by atomic mass is 10.0. The molecule has 0 unspecified atom stereocenters. The van der Waals surface area contributed by atoms with Gasteiger partial charge in [-0.15, -0.1) is 0 Å². The number of anilines is 1. The maximum absolute atomic E-state index is 12.6. The van der Waals surface area contributed by atoms with Crippen LogP contribution in [0.4, 0.5) is 5.69 Å². The molecular formula is C24H23N5O2. The van der Waals surface area contributed by atoms with Crippen LogP contribution in [-0.4, -0.2) is 32.0 Å². The first-order chi connectivity index (χ1) is 15.1. The van der Waals surface area contributed by atoms with Crippen molar-refractivity contribution in [2.24, 2.45) is 0 Å². The molecule has 4 aromatic rings. The highest BCUT2D eigenvalue weighted by molar-refractivity contribution is 5.95. The second-order valence-electron chi connectivity index (χ2n) is 7.86. The van der Waals surface area contributed by atoms with Crippen LogP contribution in [0, 0.1) is 6.92 Å². The monoisotopic (exact) mass is 413 g/mol. The summed E-state index contributed by atoms with van der Waals surface area (Å²) in [6, 6.07) is 10.0. The number of aryl methyl sites for hydroxylation is 1. The van der Waals surface area contributed by atoms with Gasteiger partial charge in [-0.3, -0.25) is 14.6 Å². The summed E-state index contributed by atoms with van der Waals surface area (Å²) >= 11 is 0. The summed E-state index contributed by atoms with van der Waals surface area (Å²) < 4.78 is 1.42. The number of H-pyrrole nitrogens is 1. The summed E-state index contributed by atoms with van der Waals surface area (Å²) in [6.07, 6.45) is 7.57. The molecule has 1 amide bonds. The van der Waals surface area contributed by atoms with Crippen LogP contribution < -0.4 is 10.5 Å². The van der Waals surface area contributed by atoms with E-state index in [9.17, 15) is 9.59 Å². The van der Waals surface area contributed by atoms with Crippen molar-refractivity contribution in [3.63, 3.8) is 0 Å². The van der Waals surface area contributed by atoms with Crippen molar-refractivity contribution in [1.82, 2.24) is 19.6 Å². The fourth-order valence-electron chi connectivity index (χ4n) is 4.21. The van der Waals surface area contributed by atoms with E-state index in [4.69, 9.17) is 0 Å². The molecule has 31 heavy (non-hydrogen) atoms. The molecule has 7 nitrogen and oxygen atoms in total. The highest BCUT2D eigenvalue weighted by Gasteiger charge is 2.21. The molecule has 1 saturated heterocycles. The zero-order chi connectivity index (χ0) is 21.5. The van der Waals surface area contributed by atoms with E-state index in [0.717, 1.165) is 53.0 Å². The van der Waals surface area contributed by atoms with E-state index in [1.807, 2.05) is 55.3 Å². The van der Waals surface area contributed by atoms with Gasteiger partial charge in [-0.1, -0.05) is 19.1 Å². The first-order valence-electron chi connectivity index (χ1n) is 10.5. The third-order valence-electron chi connectivity index (χ3n) is 5.99. The Bertz CT molecular complexity index is 1350. The van der Waals surface area contributed by atoms with Gasteiger partial charge < -0.3 is 9.88 Å². The highest BCUT2D eigenvalue weighted by Crippen LogP contribution is 2.29. The van der Waals surface area contributed by atoms with Gasteiger partial charge in [0.25, 0.3) is 5.56 Å². The molecule has 3 aromatic heterocycles. The van der Waals surface area contributed by atoms with Gasteiger partial charge in [0.05, 0.1) is 6.20 Å². The van der Waals surface area contributed by atoms with Gasteiger partial charge in [-0.25, -0.2) is 0 Å². The Labute approximate surface area is 179 Å². The molecule has 1 fully saturated rings. The van der Waals surface area contributed by atoms with E-state index in [1.165, 1.54) is 4.52 Å². The van der Waals surface area contributed by atoms with Crippen molar-refractivity contribution >= 4 is 17.2 Å². The molecule has 0 spiro atoms. The summed E-state index contributed by atoms with van der Waals surface area (Å²) in [6.45, 7) is 4.62. The number of carbonyl (C=O) groups is 1. The van der Waals surface area contributed by atoms with Gasteiger partial charge >= 0.3 is 0 Å². The number of hydrogen-bond acceptors (Lipinski definition) is 4. The molecule has 1 aliphatic rings. The average molecular weight is 413 g/mol. The zero-order valence-electron chi connectivity index (χ0n) is 17.6. The quantitative estimate of drug-likeness (QED) is 0.552. The first-order valence-corrected chi connectivity index (χ1v) is 10.5. The Kier molecular flexibility index (Phi) is 4.66. The number of aromatic nitrogens is 4. The van der Waals surface area contributed by atoms with Crippen molar-refractivity contribution < 1.29 is 4.79 Å². The lowest BCUT2D eigenvalue weighted by Gasteiger charge is -2.16. The molecular weight excluding hydrogens is 390 g/mol. The van der Waals surface area contributed by atoms with E-state index in [0.29, 0.717) is 17.6 Å². The van der Waals surface area contributed by atoms with E-state index >= 15 is 0 Å². The van der Waals surface area contributed by atoms with E-state index in [-0.39, 0.29) is 11.5 Å². The molecule has 5 rings (SSSR count).